The molecule has 0 saturated heterocycles. The highest BCUT2D eigenvalue weighted by Crippen LogP contribution is 2.05. The number of nitrogens with one attached hydrogen (secondary N) is 3. The Bertz CT molecular complexity index is 375. The number of hydrogen-bond donors (Lipinski definition) is 3. The van der Waals surface area contributed by atoms with Gasteiger partial charge < -0.3 is 30.3 Å². The van der Waals surface area contributed by atoms with Crippen molar-refractivity contribution in [3.05, 3.63) is 0 Å². The lowest BCUT2D eigenvalue weighted by atomic mass is 10.2. The molecule has 0 aliphatic rings. The highest BCUT2D eigenvalue weighted by atomic mass is 127. The fourth-order valence-electron chi connectivity index (χ4n) is 1.69. The summed E-state index contributed by atoms with van der Waals surface area (Å²) in [5.74, 6) is 0.739. The Kier molecular flexibility index (Phi) is 16.3. The van der Waals surface area contributed by atoms with Crippen molar-refractivity contribution >= 4 is 36.0 Å². The zero-order valence-electron chi connectivity index (χ0n) is 16.5. The van der Waals surface area contributed by atoms with Crippen molar-refractivity contribution in [1.29, 1.82) is 0 Å². The molecule has 0 radical (unpaired) electrons. The average molecular weight is 473 g/mol. The maximum atomic E-state index is 11.5. The summed E-state index contributed by atoms with van der Waals surface area (Å²) >= 11 is 0. The number of likely N-dealkylation sites (N-methyl/N-ethyl adjacent to an activating group) is 1. The van der Waals surface area contributed by atoms with Gasteiger partial charge in [0.1, 0.15) is 5.60 Å². The number of amides is 1. The van der Waals surface area contributed by atoms with Crippen LogP contribution in [-0.2, 0) is 9.47 Å². The minimum atomic E-state index is -0.483. The van der Waals surface area contributed by atoms with Gasteiger partial charge in [0.15, 0.2) is 5.96 Å². The van der Waals surface area contributed by atoms with Crippen LogP contribution >= 0.6 is 24.0 Å². The molecule has 0 aromatic heterocycles. The number of methoxy groups -OCH3 is 1. The van der Waals surface area contributed by atoms with Crippen molar-refractivity contribution in [1.82, 2.24) is 20.9 Å². The molecule has 25 heavy (non-hydrogen) atoms. The Labute approximate surface area is 169 Å². The SMILES string of the molecule is CCNC(=NCCN(C)CCOC)NCCNC(=O)OC(C)(C)C.I. The van der Waals surface area contributed by atoms with Gasteiger partial charge in [-0.25, -0.2) is 4.79 Å². The molecule has 8 nitrogen and oxygen atoms in total. The quantitative estimate of drug-likeness (QED) is 0.192. The predicted octanol–water partition coefficient (Wildman–Crippen LogP) is 1.26. The molecular weight excluding hydrogens is 437 g/mol. The minimum Gasteiger partial charge on any atom is -0.444 e. The molecule has 0 rings (SSSR count). The lowest BCUT2D eigenvalue weighted by Gasteiger charge is -2.20. The van der Waals surface area contributed by atoms with Crippen molar-refractivity contribution in [2.45, 2.75) is 33.3 Å². The highest BCUT2D eigenvalue weighted by molar-refractivity contribution is 14.0. The molecule has 0 aliphatic heterocycles. The fraction of sp³-hybridized carbons (Fsp3) is 0.875. The van der Waals surface area contributed by atoms with E-state index in [1.54, 1.807) is 7.11 Å². The van der Waals surface area contributed by atoms with E-state index in [1.165, 1.54) is 0 Å². The molecule has 0 spiro atoms. The van der Waals surface area contributed by atoms with Gasteiger partial charge in [0.2, 0.25) is 0 Å². The summed E-state index contributed by atoms with van der Waals surface area (Å²) in [6, 6.07) is 0. The van der Waals surface area contributed by atoms with E-state index in [4.69, 9.17) is 9.47 Å². The number of aliphatic imine (C=N–C) groups is 1. The van der Waals surface area contributed by atoms with Crippen LogP contribution in [0.5, 0.6) is 0 Å². The molecule has 0 aliphatic carbocycles. The molecule has 0 aromatic rings. The summed E-state index contributed by atoms with van der Waals surface area (Å²) in [6.07, 6.45) is -0.411. The van der Waals surface area contributed by atoms with E-state index in [0.29, 0.717) is 19.6 Å². The van der Waals surface area contributed by atoms with Crippen molar-refractivity contribution in [3.8, 4) is 0 Å². The number of carbonyl (C=O) groups is 1. The van der Waals surface area contributed by atoms with Crippen LogP contribution in [0.15, 0.2) is 4.99 Å². The number of nitrogens with zero attached hydrogens (tertiary/aromatic N) is 2. The summed E-state index contributed by atoms with van der Waals surface area (Å²) in [4.78, 5) is 18.2. The standard InChI is InChI=1S/C16H35N5O3.HI/c1-7-17-14(19-10-11-21(5)12-13-23-6)18-8-9-20-15(22)24-16(2,3)4;/h7-13H2,1-6H3,(H,20,22)(H2,17,18,19);1H. The summed E-state index contributed by atoms with van der Waals surface area (Å²) < 4.78 is 10.2. The van der Waals surface area contributed by atoms with E-state index in [2.05, 4.69) is 25.8 Å². The molecule has 0 fully saturated rings. The van der Waals surface area contributed by atoms with Crippen LogP contribution in [0.3, 0.4) is 0 Å². The summed E-state index contributed by atoms with van der Waals surface area (Å²) in [5.41, 5.74) is -0.483. The molecule has 150 valence electrons. The van der Waals surface area contributed by atoms with Gasteiger partial charge in [-0.05, 0) is 34.7 Å². The molecular formula is C16H36IN5O3. The lowest BCUT2D eigenvalue weighted by molar-refractivity contribution is 0.0529. The third-order valence-corrected chi connectivity index (χ3v) is 2.86. The highest BCUT2D eigenvalue weighted by Gasteiger charge is 2.15. The van der Waals surface area contributed by atoms with Gasteiger partial charge in [-0.3, -0.25) is 4.99 Å². The number of hydrogen-bond acceptors (Lipinski definition) is 5. The lowest BCUT2D eigenvalue weighted by Crippen LogP contribution is -2.42. The Morgan fingerprint density at radius 2 is 1.76 bits per heavy atom. The number of halogens is 1. The van der Waals surface area contributed by atoms with Gasteiger partial charge in [-0.1, -0.05) is 0 Å². The van der Waals surface area contributed by atoms with Crippen LogP contribution in [0, 0.1) is 0 Å². The maximum Gasteiger partial charge on any atom is 0.407 e. The smallest absolute Gasteiger partial charge is 0.407 e. The topological polar surface area (TPSA) is 87.2 Å². The third kappa shape index (κ3) is 17.8. The van der Waals surface area contributed by atoms with Gasteiger partial charge in [0.05, 0.1) is 13.2 Å². The summed E-state index contributed by atoms with van der Waals surface area (Å²) in [6.45, 7) is 12.5. The van der Waals surface area contributed by atoms with Crippen molar-refractivity contribution < 1.29 is 14.3 Å². The number of carbonyl (C=O) groups excluding carboxylic acids is 1. The van der Waals surface area contributed by atoms with Crippen LogP contribution in [-0.4, -0.2) is 82.6 Å². The maximum absolute atomic E-state index is 11.5. The van der Waals surface area contributed by atoms with E-state index >= 15 is 0 Å². The summed E-state index contributed by atoms with van der Waals surface area (Å²) in [5, 5.41) is 9.06. The van der Waals surface area contributed by atoms with Gasteiger partial charge in [-0.15, -0.1) is 24.0 Å². The van der Waals surface area contributed by atoms with Crippen LogP contribution in [0.4, 0.5) is 4.79 Å². The molecule has 0 heterocycles. The van der Waals surface area contributed by atoms with Gasteiger partial charge >= 0.3 is 6.09 Å². The molecule has 0 atom stereocenters. The normalized spacial score (nSPS) is 11.7. The zero-order chi connectivity index (χ0) is 18.4. The summed E-state index contributed by atoms with van der Waals surface area (Å²) in [7, 11) is 3.74. The van der Waals surface area contributed by atoms with Crippen molar-refractivity contribution in [2.24, 2.45) is 4.99 Å². The van der Waals surface area contributed by atoms with Crippen LogP contribution in [0.2, 0.25) is 0 Å². The zero-order valence-corrected chi connectivity index (χ0v) is 18.8. The van der Waals surface area contributed by atoms with E-state index in [1.807, 2.05) is 34.7 Å². The van der Waals surface area contributed by atoms with E-state index in [-0.39, 0.29) is 24.0 Å². The van der Waals surface area contributed by atoms with Crippen LogP contribution in [0.25, 0.3) is 0 Å². The average Bonchev–Trinajstić information content (AvgIpc) is 2.47. The minimum absolute atomic E-state index is 0. The Balaban J connectivity index is 0. The van der Waals surface area contributed by atoms with Crippen molar-refractivity contribution in [2.75, 3.05) is 60.0 Å². The Hall–Kier alpha value is -0.810. The molecule has 0 aromatic carbocycles. The fourth-order valence-corrected chi connectivity index (χ4v) is 1.69. The first-order valence-corrected chi connectivity index (χ1v) is 8.45. The monoisotopic (exact) mass is 473 g/mol. The van der Waals surface area contributed by atoms with E-state index in [0.717, 1.165) is 32.2 Å². The molecule has 0 unspecified atom stereocenters. The predicted molar refractivity (Wildman–Crippen MR) is 113 cm³/mol. The second kappa shape index (κ2) is 15.4. The van der Waals surface area contributed by atoms with E-state index < -0.39 is 11.7 Å². The van der Waals surface area contributed by atoms with Gasteiger partial charge in [0.25, 0.3) is 0 Å². The van der Waals surface area contributed by atoms with Crippen molar-refractivity contribution in [3.63, 3.8) is 0 Å². The first kappa shape index (κ1) is 26.4. The number of guanidine groups is 1. The van der Waals surface area contributed by atoms with Gasteiger partial charge in [-0.2, -0.15) is 0 Å². The number of ether oxygens (including phenoxy) is 2. The Morgan fingerprint density at radius 3 is 2.32 bits per heavy atom. The molecule has 1 amide bonds. The molecule has 0 saturated carbocycles. The molecule has 0 bridgehead atoms. The largest absolute Gasteiger partial charge is 0.444 e. The number of alkyl carbamates (subject to hydrolysis) is 1. The number of rotatable bonds is 10. The molecule has 3 N–H and O–H groups in total. The Morgan fingerprint density at radius 1 is 1.12 bits per heavy atom. The van der Waals surface area contributed by atoms with Gasteiger partial charge in [0, 0.05) is 39.8 Å². The first-order valence-electron chi connectivity index (χ1n) is 8.45. The molecule has 9 heteroatoms. The van der Waals surface area contributed by atoms with Crippen LogP contribution in [0.1, 0.15) is 27.7 Å². The second-order valence-corrected chi connectivity index (χ2v) is 6.41. The third-order valence-electron chi connectivity index (χ3n) is 2.86. The first-order chi connectivity index (χ1) is 11.3. The van der Waals surface area contributed by atoms with Crippen LogP contribution < -0.4 is 16.0 Å². The van der Waals surface area contributed by atoms with E-state index in [9.17, 15) is 4.79 Å². The second-order valence-electron chi connectivity index (χ2n) is 6.41.